The van der Waals surface area contributed by atoms with E-state index in [1.807, 2.05) is 0 Å². The highest BCUT2D eigenvalue weighted by molar-refractivity contribution is 6.31. The number of rotatable bonds is 4. The number of carbonyl (C=O) groups is 2. The number of carboxylic acid groups (broad SMARTS) is 1. The van der Waals surface area contributed by atoms with Gasteiger partial charge in [0, 0.05) is 11.4 Å². The van der Waals surface area contributed by atoms with E-state index in [1.165, 1.54) is 18.2 Å². The van der Waals surface area contributed by atoms with Crippen LogP contribution in [-0.4, -0.2) is 17.4 Å². The van der Waals surface area contributed by atoms with Crippen molar-refractivity contribution >= 4 is 23.9 Å². The highest BCUT2D eigenvalue weighted by Gasteiger charge is 2.06. The quantitative estimate of drug-likeness (QED) is 0.779. The van der Waals surface area contributed by atoms with Crippen molar-refractivity contribution in [1.82, 2.24) is 0 Å². The van der Waals surface area contributed by atoms with Crippen LogP contribution in [0.5, 0.6) is 0 Å². The number of carbonyl (C=O) groups excluding carboxylic acids is 1. The lowest BCUT2D eigenvalue weighted by Gasteiger charge is -2.02. The van der Waals surface area contributed by atoms with E-state index < -0.39 is 5.97 Å². The van der Waals surface area contributed by atoms with Crippen LogP contribution in [0.25, 0.3) is 0 Å². The molecule has 0 heterocycles. The van der Waals surface area contributed by atoms with Crippen molar-refractivity contribution < 1.29 is 14.7 Å². The summed E-state index contributed by atoms with van der Waals surface area (Å²) in [6.07, 6.45) is 1.61. The molecule has 3 nitrogen and oxygen atoms in total. The molecule has 0 amide bonds. The molecule has 0 saturated heterocycles. The molecule has 1 rings (SSSR count). The van der Waals surface area contributed by atoms with E-state index in [1.54, 1.807) is 0 Å². The zero-order chi connectivity index (χ0) is 10.6. The standard InChI is InChI=1S/C10H9ClO3/c11-9-4-3-8(10(13)14)6-7(9)2-1-5-12/h3-6H,1-2H2,(H,13,14). The maximum Gasteiger partial charge on any atom is 0.335 e. The Hall–Kier alpha value is -1.35. The average Bonchev–Trinajstić information content (AvgIpc) is 2.16. The molecule has 1 N–H and O–H groups in total. The van der Waals surface area contributed by atoms with Gasteiger partial charge in [-0.1, -0.05) is 11.6 Å². The zero-order valence-electron chi connectivity index (χ0n) is 7.37. The minimum absolute atomic E-state index is 0.190. The van der Waals surface area contributed by atoms with Crippen molar-refractivity contribution in [3.05, 3.63) is 34.3 Å². The van der Waals surface area contributed by atoms with Gasteiger partial charge in [-0.3, -0.25) is 0 Å². The summed E-state index contributed by atoms with van der Waals surface area (Å²) < 4.78 is 0. The molecule has 74 valence electrons. The first-order valence-electron chi connectivity index (χ1n) is 4.10. The molecule has 1 aromatic carbocycles. The Balaban J connectivity index is 2.95. The van der Waals surface area contributed by atoms with Gasteiger partial charge < -0.3 is 9.90 Å². The van der Waals surface area contributed by atoms with Crippen LogP contribution in [0, 0.1) is 0 Å². The largest absolute Gasteiger partial charge is 0.478 e. The number of hydrogen-bond donors (Lipinski definition) is 1. The second-order valence-corrected chi connectivity index (χ2v) is 3.22. The van der Waals surface area contributed by atoms with Gasteiger partial charge in [-0.05, 0) is 30.2 Å². The molecule has 0 aromatic heterocycles. The van der Waals surface area contributed by atoms with Gasteiger partial charge >= 0.3 is 5.97 Å². The monoisotopic (exact) mass is 212 g/mol. The van der Waals surface area contributed by atoms with Crippen molar-refractivity contribution in [2.24, 2.45) is 0 Å². The molecule has 0 fully saturated rings. The predicted octanol–water partition coefficient (Wildman–Crippen LogP) is 2.17. The fraction of sp³-hybridized carbons (Fsp3) is 0.200. The normalized spacial score (nSPS) is 9.79. The number of aldehydes is 1. The van der Waals surface area contributed by atoms with Crippen molar-refractivity contribution in [2.45, 2.75) is 12.8 Å². The Morgan fingerprint density at radius 3 is 2.79 bits per heavy atom. The molecule has 1 aromatic rings. The first-order valence-corrected chi connectivity index (χ1v) is 4.48. The minimum Gasteiger partial charge on any atom is -0.478 e. The number of halogens is 1. The van der Waals surface area contributed by atoms with Crippen molar-refractivity contribution in [3.63, 3.8) is 0 Å². The second-order valence-electron chi connectivity index (χ2n) is 2.82. The SMILES string of the molecule is O=CCCc1cc(C(=O)O)ccc1Cl. The Bertz CT molecular complexity index is 360. The molecular formula is C10H9ClO3. The van der Waals surface area contributed by atoms with Crippen molar-refractivity contribution in [1.29, 1.82) is 0 Å². The molecule has 0 radical (unpaired) electrons. The summed E-state index contributed by atoms with van der Waals surface area (Å²) in [6.45, 7) is 0. The highest BCUT2D eigenvalue weighted by atomic mass is 35.5. The molecule has 0 bridgehead atoms. The summed E-state index contributed by atoms with van der Waals surface area (Å²) >= 11 is 5.83. The van der Waals surface area contributed by atoms with Gasteiger partial charge in [0.15, 0.2) is 0 Å². The topological polar surface area (TPSA) is 54.4 Å². The molecule has 4 heteroatoms. The Labute approximate surface area is 86.3 Å². The third-order valence-corrected chi connectivity index (χ3v) is 2.19. The molecule has 14 heavy (non-hydrogen) atoms. The molecule has 0 aliphatic rings. The zero-order valence-corrected chi connectivity index (χ0v) is 8.12. The fourth-order valence-corrected chi connectivity index (χ4v) is 1.33. The lowest BCUT2D eigenvalue weighted by Crippen LogP contribution is -1.98. The number of carboxylic acids is 1. The lowest BCUT2D eigenvalue weighted by atomic mass is 10.1. The number of aromatic carboxylic acids is 1. The lowest BCUT2D eigenvalue weighted by molar-refractivity contribution is -0.107. The summed E-state index contributed by atoms with van der Waals surface area (Å²) in [5.74, 6) is -0.992. The maximum atomic E-state index is 10.6. The third kappa shape index (κ3) is 2.57. The van der Waals surface area contributed by atoms with Gasteiger partial charge in [-0.2, -0.15) is 0 Å². The molecule has 0 unspecified atom stereocenters. The summed E-state index contributed by atoms with van der Waals surface area (Å²) in [4.78, 5) is 20.8. The van der Waals surface area contributed by atoms with Gasteiger partial charge in [0.05, 0.1) is 5.56 Å². The van der Waals surface area contributed by atoms with Crippen LogP contribution in [0.1, 0.15) is 22.3 Å². The maximum absolute atomic E-state index is 10.6. The number of hydrogen-bond acceptors (Lipinski definition) is 2. The van der Waals surface area contributed by atoms with Crippen LogP contribution in [0.3, 0.4) is 0 Å². The number of aryl methyl sites for hydroxylation is 1. The average molecular weight is 213 g/mol. The molecule has 0 aliphatic heterocycles. The van der Waals surface area contributed by atoms with Gasteiger partial charge in [0.25, 0.3) is 0 Å². The Morgan fingerprint density at radius 2 is 2.21 bits per heavy atom. The van der Waals surface area contributed by atoms with Crippen LogP contribution < -0.4 is 0 Å². The Morgan fingerprint density at radius 1 is 1.50 bits per heavy atom. The van der Waals surface area contributed by atoms with Gasteiger partial charge in [-0.25, -0.2) is 4.79 Å². The van der Waals surface area contributed by atoms with E-state index >= 15 is 0 Å². The van der Waals surface area contributed by atoms with Crippen LogP contribution in [0.4, 0.5) is 0 Å². The van der Waals surface area contributed by atoms with E-state index in [0.29, 0.717) is 23.4 Å². The summed E-state index contributed by atoms with van der Waals surface area (Å²) in [5.41, 5.74) is 0.883. The predicted molar refractivity (Wildman–Crippen MR) is 52.8 cm³/mol. The molecular weight excluding hydrogens is 204 g/mol. The molecule has 0 aliphatic carbocycles. The first kappa shape index (κ1) is 10.7. The van der Waals surface area contributed by atoms with Gasteiger partial charge in [-0.15, -0.1) is 0 Å². The third-order valence-electron chi connectivity index (χ3n) is 1.82. The van der Waals surface area contributed by atoms with Crippen LogP contribution in [0.15, 0.2) is 18.2 Å². The fourth-order valence-electron chi connectivity index (χ4n) is 1.11. The highest BCUT2D eigenvalue weighted by Crippen LogP contribution is 2.18. The smallest absolute Gasteiger partial charge is 0.335 e. The van der Waals surface area contributed by atoms with E-state index in [-0.39, 0.29) is 5.56 Å². The summed E-state index contributed by atoms with van der Waals surface area (Å²) in [7, 11) is 0. The first-order chi connectivity index (χ1) is 6.65. The van der Waals surface area contributed by atoms with Crippen LogP contribution in [0.2, 0.25) is 5.02 Å². The van der Waals surface area contributed by atoms with E-state index in [0.717, 1.165) is 6.29 Å². The van der Waals surface area contributed by atoms with Crippen molar-refractivity contribution in [2.75, 3.05) is 0 Å². The summed E-state index contributed by atoms with van der Waals surface area (Å²) in [5, 5.41) is 9.21. The van der Waals surface area contributed by atoms with Crippen LogP contribution >= 0.6 is 11.6 Å². The Kier molecular flexibility index (Phi) is 3.65. The van der Waals surface area contributed by atoms with E-state index in [9.17, 15) is 9.59 Å². The van der Waals surface area contributed by atoms with Gasteiger partial charge in [0.2, 0.25) is 0 Å². The molecule has 0 spiro atoms. The summed E-state index contributed by atoms with van der Waals surface area (Å²) in [6, 6.07) is 4.47. The second kappa shape index (κ2) is 4.77. The minimum atomic E-state index is -0.992. The van der Waals surface area contributed by atoms with Crippen LogP contribution in [-0.2, 0) is 11.2 Å². The molecule has 0 saturated carbocycles. The van der Waals surface area contributed by atoms with Gasteiger partial charge in [0.1, 0.15) is 6.29 Å². The number of benzene rings is 1. The van der Waals surface area contributed by atoms with E-state index in [4.69, 9.17) is 16.7 Å². The van der Waals surface area contributed by atoms with E-state index in [2.05, 4.69) is 0 Å². The van der Waals surface area contributed by atoms with Crippen molar-refractivity contribution in [3.8, 4) is 0 Å². The molecule has 0 atom stereocenters.